The number of rotatable bonds is 5. The van der Waals surface area contributed by atoms with E-state index in [-0.39, 0.29) is 5.91 Å². The number of hydrogen-bond acceptors (Lipinski definition) is 5. The number of thioether (sulfide) groups is 1. The number of carbonyl (C=O) groups is 1. The van der Waals surface area contributed by atoms with E-state index in [0.29, 0.717) is 11.6 Å². The highest BCUT2D eigenvalue weighted by Gasteiger charge is 2.20. The Labute approximate surface area is 163 Å². The molecule has 2 aromatic carbocycles. The van der Waals surface area contributed by atoms with Crippen LogP contribution in [0.5, 0.6) is 0 Å². The first-order valence-electron chi connectivity index (χ1n) is 9.21. The molecule has 27 heavy (non-hydrogen) atoms. The van der Waals surface area contributed by atoms with Gasteiger partial charge in [0.05, 0.1) is 16.8 Å². The van der Waals surface area contributed by atoms with Crippen LogP contribution < -0.4 is 10.2 Å². The highest BCUT2D eigenvalue weighted by molar-refractivity contribution is 8.00. The van der Waals surface area contributed by atoms with Gasteiger partial charge in [-0.15, -0.1) is 11.8 Å². The van der Waals surface area contributed by atoms with Crippen LogP contribution in [0.25, 0.3) is 11.0 Å². The van der Waals surface area contributed by atoms with Crippen LogP contribution in [0.2, 0.25) is 0 Å². The summed E-state index contributed by atoms with van der Waals surface area (Å²) in [6.45, 7) is 3.96. The van der Waals surface area contributed by atoms with E-state index in [1.807, 2.05) is 42.5 Å². The van der Waals surface area contributed by atoms with E-state index in [2.05, 4.69) is 28.2 Å². The van der Waals surface area contributed by atoms with Crippen LogP contribution in [-0.2, 0) is 4.79 Å². The van der Waals surface area contributed by atoms with E-state index < -0.39 is 0 Å². The maximum atomic E-state index is 12.6. The SMILES string of the molecule is Cc1ccccc1SCC(=O)Nc1nc2ccccc2nc1N1CCCC1. The van der Waals surface area contributed by atoms with Gasteiger partial charge in [0.1, 0.15) is 0 Å². The number of anilines is 2. The summed E-state index contributed by atoms with van der Waals surface area (Å²) in [5, 5.41) is 2.99. The van der Waals surface area contributed by atoms with Gasteiger partial charge in [0.25, 0.3) is 0 Å². The van der Waals surface area contributed by atoms with E-state index in [4.69, 9.17) is 4.98 Å². The average Bonchev–Trinajstić information content (AvgIpc) is 3.21. The molecule has 0 spiro atoms. The number of fused-ring (bicyclic) bond motifs is 1. The van der Waals surface area contributed by atoms with Crippen molar-refractivity contribution in [3.05, 3.63) is 54.1 Å². The van der Waals surface area contributed by atoms with Crippen molar-refractivity contribution >= 4 is 40.3 Å². The second-order valence-electron chi connectivity index (χ2n) is 6.68. The van der Waals surface area contributed by atoms with Crippen LogP contribution in [0.4, 0.5) is 11.6 Å². The molecule has 6 heteroatoms. The molecule has 1 aromatic heterocycles. The summed E-state index contributed by atoms with van der Waals surface area (Å²) in [5.41, 5.74) is 2.83. The molecule has 0 radical (unpaired) electrons. The molecule has 1 fully saturated rings. The molecule has 0 aliphatic carbocycles. The zero-order valence-electron chi connectivity index (χ0n) is 15.3. The third-order valence-electron chi connectivity index (χ3n) is 4.67. The van der Waals surface area contributed by atoms with Gasteiger partial charge in [-0.25, -0.2) is 9.97 Å². The molecule has 0 bridgehead atoms. The molecule has 1 aliphatic heterocycles. The maximum Gasteiger partial charge on any atom is 0.235 e. The summed E-state index contributed by atoms with van der Waals surface area (Å²) in [6, 6.07) is 15.9. The fraction of sp³-hybridized carbons (Fsp3) is 0.286. The number of nitrogens with zero attached hydrogens (tertiary/aromatic N) is 3. The second-order valence-corrected chi connectivity index (χ2v) is 7.70. The minimum atomic E-state index is -0.0618. The van der Waals surface area contributed by atoms with Crippen molar-refractivity contribution < 1.29 is 4.79 Å². The Morgan fingerprint density at radius 3 is 2.44 bits per heavy atom. The molecule has 138 valence electrons. The lowest BCUT2D eigenvalue weighted by atomic mass is 10.2. The van der Waals surface area contributed by atoms with Crippen LogP contribution in [0, 0.1) is 6.92 Å². The molecule has 1 aliphatic rings. The molecule has 0 unspecified atom stereocenters. The first kappa shape index (κ1) is 17.8. The van der Waals surface area contributed by atoms with Gasteiger partial charge in [0, 0.05) is 18.0 Å². The standard InChI is InChI=1S/C21H22N4OS/c1-15-8-2-5-11-18(15)27-14-19(26)24-20-21(25-12-6-7-13-25)23-17-10-4-3-9-16(17)22-20/h2-5,8-11H,6-7,12-14H2,1H3,(H,22,24,26). The lowest BCUT2D eigenvalue weighted by Crippen LogP contribution is -2.24. The van der Waals surface area contributed by atoms with Gasteiger partial charge in [-0.05, 0) is 43.5 Å². The lowest BCUT2D eigenvalue weighted by molar-refractivity contribution is -0.113. The van der Waals surface area contributed by atoms with E-state index in [0.717, 1.165) is 47.7 Å². The third kappa shape index (κ3) is 4.06. The number of amides is 1. The van der Waals surface area contributed by atoms with Crippen LogP contribution >= 0.6 is 11.8 Å². The van der Waals surface area contributed by atoms with E-state index in [1.54, 1.807) is 11.8 Å². The predicted molar refractivity (Wildman–Crippen MR) is 112 cm³/mol. The summed E-state index contributed by atoms with van der Waals surface area (Å²) >= 11 is 1.54. The first-order valence-corrected chi connectivity index (χ1v) is 10.2. The largest absolute Gasteiger partial charge is 0.354 e. The minimum absolute atomic E-state index is 0.0618. The van der Waals surface area contributed by atoms with Crippen molar-refractivity contribution in [2.75, 3.05) is 29.1 Å². The van der Waals surface area contributed by atoms with E-state index in [9.17, 15) is 4.79 Å². The number of aromatic nitrogens is 2. The zero-order valence-corrected chi connectivity index (χ0v) is 16.1. The molecular weight excluding hydrogens is 356 g/mol. The lowest BCUT2D eigenvalue weighted by Gasteiger charge is -2.20. The fourth-order valence-electron chi connectivity index (χ4n) is 3.25. The number of para-hydroxylation sites is 2. The molecule has 3 aromatic rings. The van der Waals surface area contributed by atoms with Crippen molar-refractivity contribution in [2.45, 2.75) is 24.7 Å². The quantitative estimate of drug-likeness (QED) is 0.672. The molecule has 5 nitrogen and oxygen atoms in total. The summed E-state index contributed by atoms with van der Waals surface area (Å²) in [7, 11) is 0. The van der Waals surface area contributed by atoms with Gasteiger partial charge in [-0.1, -0.05) is 30.3 Å². The van der Waals surface area contributed by atoms with Crippen LogP contribution in [0.1, 0.15) is 18.4 Å². The molecule has 0 saturated carbocycles. The number of hydrogen-bond donors (Lipinski definition) is 1. The summed E-state index contributed by atoms with van der Waals surface area (Å²) in [6.07, 6.45) is 2.29. The van der Waals surface area contributed by atoms with Crippen molar-refractivity contribution in [3.63, 3.8) is 0 Å². The summed E-state index contributed by atoms with van der Waals surface area (Å²) < 4.78 is 0. The number of carbonyl (C=O) groups excluding carboxylic acids is 1. The Morgan fingerprint density at radius 1 is 1.04 bits per heavy atom. The Bertz CT molecular complexity index is 969. The van der Waals surface area contributed by atoms with E-state index in [1.165, 1.54) is 5.56 Å². The highest BCUT2D eigenvalue weighted by Crippen LogP contribution is 2.28. The van der Waals surface area contributed by atoms with Gasteiger partial charge >= 0.3 is 0 Å². The Kier molecular flexibility index (Phi) is 5.25. The Hall–Kier alpha value is -2.60. The van der Waals surface area contributed by atoms with Gasteiger partial charge in [0.15, 0.2) is 11.6 Å². The van der Waals surface area contributed by atoms with Crippen molar-refractivity contribution in [1.82, 2.24) is 9.97 Å². The number of benzene rings is 2. The van der Waals surface area contributed by atoms with Crippen LogP contribution in [0.15, 0.2) is 53.4 Å². The topological polar surface area (TPSA) is 58.1 Å². The first-order chi connectivity index (χ1) is 13.2. The van der Waals surface area contributed by atoms with Gasteiger partial charge < -0.3 is 10.2 Å². The number of nitrogens with one attached hydrogen (secondary N) is 1. The molecule has 0 atom stereocenters. The van der Waals surface area contributed by atoms with Crippen molar-refractivity contribution in [2.24, 2.45) is 0 Å². The van der Waals surface area contributed by atoms with Crippen molar-refractivity contribution in [1.29, 1.82) is 0 Å². The third-order valence-corrected chi connectivity index (χ3v) is 5.84. The Morgan fingerprint density at radius 2 is 1.70 bits per heavy atom. The van der Waals surface area contributed by atoms with Gasteiger partial charge in [0.2, 0.25) is 5.91 Å². The van der Waals surface area contributed by atoms with E-state index >= 15 is 0 Å². The van der Waals surface area contributed by atoms with Crippen LogP contribution in [-0.4, -0.2) is 34.7 Å². The zero-order chi connectivity index (χ0) is 18.6. The molecule has 4 rings (SSSR count). The maximum absolute atomic E-state index is 12.6. The Balaban J connectivity index is 1.55. The average molecular weight is 379 g/mol. The predicted octanol–water partition coefficient (Wildman–Crippen LogP) is 4.27. The summed E-state index contributed by atoms with van der Waals surface area (Å²) in [5.74, 6) is 1.62. The summed E-state index contributed by atoms with van der Waals surface area (Å²) in [4.78, 5) is 25.4. The normalized spacial score (nSPS) is 13.9. The fourth-order valence-corrected chi connectivity index (χ4v) is 4.08. The molecule has 1 N–H and O–H groups in total. The highest BCUT2D eigenvalue weighted by atomic mass is 32.2. The minimum Gasteiger partial charge on any atom is -0.354 e. The smallest absolute Gasteiger partial charge is 0.235 e. The van der Waals surface area contributed by atoms with Gasteiger partial charge in [-0.3, -0.25) is 4.79 Å². The monoisotopic (exact) mass is 378 g/mol. The number of aryl methyl sites for hydroxylation is 1. The molecule has 1 amide bonds. The molecule has 1 saturated heterocycles. The molecule has 2 heterocycles. The molecular formula is C21H22N4OS. The van der Waals surface area contributed by atoms with Crippen LogP contribution in [0.3, 0.4) is 0 Å². The van der Waals surface area contributed by atoms with Gasteiger partial charge in [-0.2, -0.15) is 0 Å². The van der Waals surface area contributed by atoms with Crippen molar-refractivity contribution in [3.8, 4) is 0 Å². The second kappa shape index (κ2) is 7.96.